The van der Waals surface area contributed by atoms with E-state index in [2.05, 4.69) is 27.4 Å². The Morgan fingerprint density at radius 2 is 1.77 bits per heavy atom. The highest BCUT2D eigenvalue weighted by molar-refractivity contribution is 6.04. The fourth-order valence-corrected chi connectivity index (χ4v) is 5.27. The van der Waals surface area contributed by atoms with Crippen LogP contribution in [0.4, 0.5) is 10.5 Å². The number of carbonyl (C=O) groups is 3. The van der Waals surface area contributed by atoms with Gasteiger partial charge in [0.15, 0.2) is 6.04 Å². The van der Waals surface area contributed by atoms with E-state index < -0.39 is 12.1 Å². The summed E-state index contributed by atoms with van der Waals surface area (Å²) < 4.78 is 11.0. The lowest BCUT2D eigenvalue weighted by Gasteiger charge is -2.31. The fraction of sp³-hybridized carbons (Fsp3) is 0.562. The van der Waals surface area contributed by atoms with Gasteiger partial charge in [-0.25, -0.2) is 9.79 Å². The van der Waals surface area contributed by atoms with E-state index in [-0.39, 0.29) is 11.8 Å². The van der Waals surface area contributed by atoms with E-state index >= 15 is 0 Å². The molecule has 1 unspecified atom stereocenters. The number of nitrogens with one attached hydrogen (secondary N) is 2. The summed E-state index contributed by atoms with van der Waals surface area (Å²) in [4.78, 5) is 46.4. The molecule has 3 aliphatic heterocycles. The first-order valence-electron chi connectivity index (χ1n) is 15.3. The Bertz CT molecular complexity index is 1280. The third-order valence-electron chi connectivity index (χ3n) is 7.62. The van der Waals surface area contributed by atoms with Crippen molar-refractivity contribution in [2.75, 3.05) is 53.9 Å². The highest BCUT2D eigenvalue weighted by Gasteiger charge is 2.34. The fourth-order valence-electron chi connectivity index (χ4n) is 5.27. The van der Waals surface area contributed by atoms with Crippen LogP contribution in [0.2, 0.25) is 0 Å². The largest absolute Gasteiger partial charge is 0.497 e. The van der Waals surface area contributed by atoms with Crippen LogP contribution in [0.15, 0.2) is 33.7 Å². The first-order chi connectivity index (χ1) is 20.7. The van der Waals surface area contributed by atoms with Gasteiger partial charge in [-0.15, -0.1) is 0 Å². The first kappa shape index (κ1) is 33.6. The molecule has 1 aromatic carbocycles. The molecular weight excluding hydrogens is 548 g/mol. The van der Waals surface area contributed by atoms with Gasteiger partial charge in [-0.3, -0.25) is 14.9 Å². The van der Waals surface area contributed by atoms with Gasteiger partial charge in [-0.05, 0) is 63.5 Å². The van der Waals surface area contributed by atoms with Gasteiger partial charge in [0, 0.05) is 51.7 Å². The Hall–Kier alpha value is -3.86. The predicted octanol–water partition coefficient (Wildman–Crippen LogP) is 4.68. The van der Waals surface area contributed by atoms with Gasteiger partial charge in [0.2, 0.25) is 0 Å². The van der Waals surface area contributed by atoms with Crippen LogP contribution in [0.5, 0.6) is 5.75 Å². The molecular formula is C32H48N6O5. The van der Waals surface area contributed by atoms with E-state index in [4.69, 9.17) is 14.1 Å². The number of carbonyl (C=O) groups excluding carboxylic acids is 3. The highest BCUT2D eigenvalue weighted by Crippen LogP contribution is 2.33. The number of nitrogens with zero attached hydrogens (tertiary/aromatic N) is 4. The number of amides is 4. The van der Waals surface area contributed by atoms with E-state index in [1.165, 1.54) is 0 Å². The highest BCUT2D eigenvalue weighted by atomic mass is 16.5. The van der Waals surface area contributed by atoms with Crippen LogP contribution in [-0.2, 0) is 11.2 Å². The van der Waals surface area contributed by atoms with E-state index in [9.17, 15) is 14.4 Å². The van der Waals surface area contributed by atoms with Crippen molar-refractivity contribution >= 4 is 29.4 Å². The molecule has 236 valence electrons. The summed E-state index contributed by atoms with van der Waals surface area (Å²) in [5.41, 5.74) is 2.45. The molecule has 0 spiro atoms. The number of imide groups is 1. The second-order valence-electron chi connectivity index (χ2n) is 10.7. The standard InChI is InChI=1S/C19H27N5O3.C11H15NO2.C2H6/c1-2-23-8-4-10-24(11-5-9-23)16-7-3-6-14-13(20-16)12-15(27-14)17-18(25)22-19(26)21-17;1-8-5-6-9(14-4)7-10(8)11(13)12(2)3;1-2/h12,17H,2-11H2,1H3,(H2,21,22,25,26);5-7H,1-4H3;1-2H3. The number of furan rings is 1. The number of rotatable bonds is 4. The molecule has 11 nitrogen and oxygen atoms in total. The van der Waals surface area contributed by atoms with Gasteiger partial charge in [0.05, 0.1) is 7.11 Å². The lowest BCUT2D eigenvalue weighted by Crippen LogP contribution is -2.39. The molecule has 0 aliphatic carbocycles. The second kappa shape index (κ2) is 16.1. The number of ether oxygens (including phenoxy) is 1. The number of fused-ring (bicyclic) bond motifs is 1. The Labute approximate surface area is 255 Å². The minimum atomic E-state index is -0.759. The lowest BCUT2D eigenvalue weighted by molar-refractivity contribution is -0.120. The first-order valence-corrected chi connectivity index (χ1v) is 15.3. The SMILES string of the molecule is CC.CCN1CCCN(C2=Nc3cc(C4NC(=O)NC4=O)oc3CCC2)CCC1.COc1ccc(C)c(C(=O)N(C)C)c1. The summed E-state index contributed by atoms with van der Waals surface area (Å²) in [5, 5.41) is 4.83. The molecule has 2 saturated heterocycles. The quantitative estimate of drug-likeness (QED) is 0.492. The summed E-state index contributed by atoms with van der Waals surface area (Å²) in [5.74, 6) is 2.71. The number of urea groups is 1. The van der Waals surface area contributed by atoms with Gasteiger partial charge in [0.25, 0.3) is 11.8 Å². The number of aryl methyl sites for hydroxylation is 2. The molecule has 3 aliphatic rings. The molecule has 4 heterocycles. The van der Waals surface area contributed by atoms with Crippen molar-refractivity contribution in [1.29, 1.82) is 0 Å². The molecule has 2 fully saturated rings. The molecule has 43 heavy (non-hydrogen) atoms. The van der Waals surface area contributed by atoms with Crippen molar-refractivity contribution in [1.82, 2.24) is 25.3 Å². The van der Waals surface area contributed by atoms with Crippen molar-refractivity contribution < 1.29 is 23.5 Å². The molecule has 0 radical (unpaired) electrons. The van der Waals surface area contributed by atoms with Crippen molar-refractivity contribution in [3.05, 3.63) is 46.9 Å². The van der Waals surface area contributed by atoms with E-state index in [0.29, 0.717) is 17.1 Å². The number of methoxy groups -OCH3 is 1. The zero-order chi connectivity index (χ0) is 31.5. The summed E-state index contributed by atoms with van der Waals surface area (Å²) in [6, 6.07) is 6.06. The zero-order valence-corrected chi connectivity index (χ0v) is 26.8. The van der Waals surface area contributed by atoms with Gasteiger partial charge >= 0.3 is 6.03 Å². The number of benzene rings is 1. The van der Waals surface area contributed by atoms with Crippen LogP contribution in [0.25, 0.3) is 0 Å². The van der Waals surface area contributed by atoms with Crippen LogP contribution < -0.4 is 15.4 Å². The van der Waals surface area contributed by atoms with Gasteiger partial charge in [0.1, 0.15) is 28.8 Å². The van der Waals surface area contributed by atoms with Crippen LogP contribution >= 0.6 is 0 Å². The van der Waals surface area contributed by atoms with E-state index in [0.717, 1.165) is 87.7 Å². The number of hydrogen-bond donors (Lipinski definition) is 2. The van der Waals surface area contributed by atoms with Crippen LogP contribution in [0.3, 0.4) is 0 Å². The molecule has 0 saturated carbocycles. The van der Waals surface area contributed by atoms with Crippen molar-refractivity contribution in [3.8, 4) is 5.75 Å². The smallest absolute Gasteiger partial charge is 0.322 e. The molecule has 11 heteroatoms. The average molecular weight is 597 g/mol. The third-order valence-corrected chi connectivity index (χ3v) is 7.62. The van der Waals surface area contributed by atoms with Gasteiger partial charge < -0.3 is 29.2 Å². The molecule has 2 N–H and O–H groups in total. The van der Waals surface area contributed by atoms with Crippen molar-refractivity contribution in [2.45, 2.75) is 65.8 Å². The van der Waals surface area contributed by atoms with Gasteiger partial charge in [-0.1, -0.05) is 26.8 Å². The lowest BCUT2D eigenvalue weighted by atomic mass is 10.1. The summed E-state index contributed by atoms with van der Waals surface area (Å²) in [6.45, 7) is 13.6. The summed E-state index contributed by atoms with van der Waals surface area (Å²) >= 11 is 0. The molecule has 0 bridgehead atoms. The monoisotopic (exact) mass is 596 g/mol. The van der Waals surface area contributed by atoms with Crippen LogP contribution in [-0.4, -0.2) is 92.3 Å². The van der Waals surface area contributed by atoms with Crippen LogP contribution in [0.1, 0.15) is 79.9 Å². The molecule has 1 atom stereocenters. The maximum Gasteiger partial charge on any atom is 0.322 e. The Morgan fingerprint density at radius 1 is 1.07 bits per heavy atom. The Kier molecular flexibility index (Phi) is 12.6. The minimum absolute atomic E-state index is 0.00130. The van der Waals surface area contributed by atoms with E-state index in [1.807, 2.05) is 32.9 Å². The Morgan fingerprint density at radius 3 is 2.35 bits per heavy atom. The molecule has 4 amide bonds. The second-order valence-corrected chi connectivity index (χ2v) is 10.7. The van der Waals surface area contributed by atoms with E-state index in [1.54, 1.807) is 38.2 Å². The summed E-state index contributed by atoms with van der Waals surface area (Å²) in [7, 11) is 5.07. The maximum absolute atomic E-state index is 11.9. The van der Waals surface area contributed by atoms with Crippen LogP contribution in [0, 0.1) is 6.92 Å². The van der Waals surface area contributed by atoms with Crippen molar-refractivity contribution in [2.24, 2.45) is 4.99 Å². The zero-order valence-electron chi connectivity index (χ0n) is 26.8. The summed E-state index contributed by atoms with van der Waals surface area (Å²) in [6.07, 6.45) is 4.99. The third kappa shape index (κ3) is 8.82. The topological polar surface area (TPSA) is 120 Å². The minimum Gasteiger partial charge on any atom is -0.497 e. The maximum atomic E-state index is 11.9. The average Bonchev–Trinajstić information content (AvgIpc) is 3.48. The number of aliphatic imine (C=N–C) groups is 1. The van der Waals surface area contributed by atoms with Crippen molar-refractivity contribution in [3.63, 3.8) is 0 Å². The Balaban J connectivity index is 0.000000268. The predicted molar refractivity (Wildman–Crippen MR) is 168 cm³/mol. The molecule has 2 aromatic rings. The number of hydrogen-bond acceptors (Lipinski definition) is 8. The number of amidine groups is 1. The van der Waals surface area contributed by atoms with Gasteiger partial charge in [-0.2, -0.15) is 0 Å². The normalized spacial score (nSPS) is 18.6. The molecule has 1 aromatic heterocycles. The molecule has 5 rings (SSSR count).